The van der Waals surface area contributed by atoms with Gasteiger partial charge in [-0.3, -0.25) is 9.59 Å². The molecule has 7 heteroatoms. The number of hydrogen-bond acceptors (Lipinski definition) is 5. The molecular weight excluding hydrogens is 366 g/mol. The Kier molecular flexibility index (Phi) is 3.96. The van der Waals surface area contributed by atoms with Crippen LogP contribution in [0.25, 0.3) is 0 Å². The summed E-state index contributed by atoms with van der Waals surface area (Å²) >= 11 is 5.92. The zero-order valence-electron chi connectivity index (χ0n) is 13.9. The van der Waals surface area contributed by atoms with E-state index in [9.17, 15) is 20.1 Å². The van der Waals surface area contributed by atoms with Crippen molar-refractivity contribution < 1.29 is 14.3 Å². The van der Waals surface area contributed by atoms with Gasteiger partial charge in [-0.25, -0.2) is 4.90 Å². The molecule has 0 saturated carbocycles. The van der Waals surface area contributed by atoms with Crippen LogP contribution in [0.1, 0.15) is 11.7 Å². The lowest BCUT2D eigenvalue weighted by Crippen LogP contribution is -2.40. The molecule has 2 aliphatic rings. The van der Waals surface area contributed by atoms with E-state index in [0.717, 1.165) is 4.90 Å². The number of anilines is 1. The van der Waals surface area contributed by atoms with Crippen LogP contribution in [-0.2, 0) is 14.3 Å². The highest BCUT2D eigenvalue weighted by molar-refractivity contribution is 6.30. The van der Waals surface area contributed by atoms with Gasteiger partial charge >= 0.3 is 0 Å². The Bertz CT molecular complexity index is 994. The van der Waals surface area contributed by atoms with Crippen LogP contribution < -0.4 is 4.90 Å². The molecule has 2 aromatic carbocycles. The van der Waals surface area contributed by atoms with Crippen molar-refractivity contribution in [3.8, 4) is 12.1 Å². The molecule has 0 N–H and O–H groups in total. The van der Waals surface area contributed by atoms with E-state index >= 15 is 0 Å². The van der Waals surface area contributed by atoms with Crippen molar-refractivity contribution in [1.82, 2.24) is 0 Å². The van der Waals surface area contributed by atoms with Gasteiger partial charge in [0.1, 0.15) is 18.1 Å². The molecule has 2 fully saturated rings. The number of hydrogen-bond donors (Lipinski definition) is 0. The largest absolute Gasteiger partial charge is 0.338 e. The first kappa shape index (κ1) is 17.2. The van der Waals surface area contributed by atoms with Crippen LogP contribution in [0.5, 0.6) is 0 Å². The lowest BCUT2D eigenvalue weighted by Gasteiger charge is -2.22. The average Bonchev–Trinajstić information content (AvgIpc) is 3.17. The van der Waals surface area contributed by atoms with Crippen molar-refractivity contribution in [2.45, 2.75) is 11.7 Å². The van der Waals surface area contributed by atoms with Crippen LogP contribution in [0.3, 0.4) is 0 Å². The third-order valence-electron chi connectivity index (χ3n) is 4.97. The first-order chi connectivity index (χ1) is 13.0. The van der Waals surface area contributed by atoms with E-state index < -0.39 is 35.4 Å². The number of fused-ring (bicyclic) bond motifs is 1. The molecule has 4 rings (SSSR count). The molecule has 0 aliphatic carbocycles. The summed E-state index contributed by atoms with van der Waals surface area (Å²) in [6.45, 7) is 0. The van der Waals surface area contributed by atoms with Crippen LogP contribution in [0.15, 0.2) is 54.6 Å². The molecule has 2 heterocycles. The third-order valence-corrected chi connectivity index (χ3v) is 5.23. The summed E-state index contributed by atoms with van der Waals surface area (Å²) in [7, 11) is 0. The Morgan fingerprint density at radius 1 is 0.963 bits per heavy atom. The summed E-state index contributed by atoms with van der Waals surface area (Å²) in [5, 5.41) is 19.8. The van der Waals surface area contributed by atoms with Crippen molar-refractivity contribution in [2.24, 2.45) is 11.8 Å². The SMILES string of the molecule is N#CC1(C#N)O[C@H](c2ccc(Cl)cc2)[C@@H]2C(=O)N(c3ccccc3)C(=O)[C@@H]21. The van der Waals surface area contributed by atoms with Gasteiger partial charge in [-0.2, -0.15) is 10.5 Å². The maximum Gasteiger partial charge on any atom is 0.254 e. The molecule has 3 atom stereocenters. The van der Waals surface area contributed by atoms with Gasteiger partial charge in [0.15, 0.2) is 0 Å². The number of ether oxygens (including phenoxy) is 1. The summed E-state index contributed by atoms with van der Waals surface area (Å²) in [5.74, 6) is -3.24. The zero-order valence-corrected chi connectivity index (χ0v) is 14.6. The molecule has 132 valence electrons. The van der Waals surface area contributed by atoms with E-state index in [0.29, 0.717) is 16.3 Å². The second kappa shape index (κ2) is 6.21. The van der Waals surface area contributed by atoms with Crippen molar-refractivity contribution in [3.05, 3.63) is 65.2 Å². The quantitative estimate of drug-likeness (QED) is 0.750. The van der Waals surface area contributed by atoms with Gasteiger partial charge in [0.2, 0.25) is 11.8 Å². The second-order valence-corrected chi connectivity index (χ2v) is 6.84. The molecule has 0 bridgehead atoms. The van der Waals surface area contributed by atoms with Crippen molar-refractivity contribution in [2.75, 3.05) is 4.90 Å². The van der Waals surface area contributed by atoms with Gasteiger partial charge in [-0.05, 0) is 29.8 Å². The third kappa shape index (κ3) is 2.43. The molecule has 2 saturated heterocycles. The predicted molar refractivity (Wildman–Crippen MR) is 95.2 cm³/mol. The van der Waals surface area contributed by atoms with E-state index in [1.54, 1.807) is 54.6 Å². The molecule has 2 aromatic rings. The second-order valence-electron chi connectivity index (χ2n) is 6.40. The number of nitriles is 2. The van der Waals surface area contributed by atoms with Gasteiger partial charge in [0.25, 0.3) is 5.60 Å². The molecule has 0 unspecified atom stereocenters. The maximum absolute atomic E-state index is 13.1. The number of para-hydroxylation sites is 1. The van der Waals surface area contributed by atoms with Crippen molar-refractivity contribution in [1.29, 1.82) is 10.5 Å². The monoisotopic (exact) mass is 377 g/mol. The lowest BCUT2D eigenvalue weighted by molar-refractivity contribution is -0.126. The molecule has 27 heavy (non-hydrogen) atoms. The normalized spacial score (nSPS) is 25.7. The first-order valence-corrected chi connectivity index (χ1v) is 8.59. The van der Waals surface area contributed by atoms with E-state index in [1.807, 2.05) is 12.1 Å². The lowest BCUT2D eigenvalue weighted by atomic mass is 9.81. The fourth-order valence-corrected chi connectivity index (χ4v) is 3.87. The minimum Gasteiger partial charge on any atom is -0.338 e. The minimum absolute atomic E-state index is 0.404. The molecule has 6 nitrogen and oxygen atoms in total. The minimum atomic E-state index is -2.02. The smallest absolute Gasteiger partial charge is 0.254 e. The standard InChI is InChI=1S/C20H12ClN3O3/c21-13-8-6-12(7-9-13)17-15-16(20(10-22,11-23)27-17)19(26)24(18(15)25)14-4-2-1-3-5-14/h1-9,15-17H/t15-,16-,17-/m1/s1. The number of halogens is 1. The number of nitrogens with zero attached hydrogens (tertiary/aromatic N) is 3. The van der Waals surface area contributed by atoms with Crippen LogP contribution >= 0.6 is 11.6 Å². The summed E-state index contributed by atoms with van der Waals surface area (Å²) in [6.07, 6.45) is -0.892. The summed E-state index contributed by atoms with van der Waals surface area (Å²) in [5.41, 5.74) is -1.04. The number of rotatable bonds is 2. The van der Waals surface area contributed by atoms with Gasteiger partial charge in [-0.15, -0.1) is 0 Å². The maximum atomic E-state index is 13.1. The van der Waals surface area contributed by atoms with Crippen molar-refractivity contribution in [3.63, 3.8) is 0 Å². The van der Waals surface area contributed by atoms with E-state index in [2.05, 4.69) is 0 Å². The van der Waals surface area contributed by atoms with Crippen LogP contribution in [0.4, 0.5) is 5.69 Å². The number of imide groups is 1. The van der Waals surface area contributed by atoms with Gasteiger partial charge in [0, 0.05) is 5.02 Å². The van der Waals surface area contributed by atoms with Crippen LogP contribution in [0, 0.1) is 34.5 Å². The highest BCUT2D eigenvalue weighted by Gasteiger charge is 2.68. The number of carbonyl (C=O) groups is 2. The van der Waals surface area contributed by atoms with Crippen LogP contribution in [-0.4, -0.2) is 17.4 Å². The highest BCUT2D eigenvalue weighted by atomic mass is 35.5. The van der Waals surface area contributed by atoms with Crippen molar-refractivity contribution >= 4 is 29.1 Å². The fraction of sp³-hybridized carbons (Fsp3) is 0.200. The number of amides is 2. The van der Waals surface area contributed by atoms with E-state index in [1.165, 1.54) is 0 Å². The number of benzene rings is 2. The first-order valence-electron chi connectivity index (χ1n) is 8.21. The Balaban J connectivity index is 1.84. The molecule has 0 aromatic heterocycles. The Hall–Kier alpha value is -3.19. The predicted octanol–water partition coefficient (Wildman–Crippen LogP) is 3.00. The van der Waals surface area contributed by atoms with Gasteiger partial charge < -0.3 is 4.74 Å². The van der Waals surface area contributed by atoms with Crippen LogP contribution in [0.2, 0.25) is 5.02 Å². The molecule has 0 radical (unpaired) electrons. The zero-order chi connectivity index (χ0) is 19.2. The Labute approximate surface area is 160 Å². The van der Waals surface area contributed by atoms with Gasteiger partial charge in [-0.1, -0.05) is 41.9 Å². The molecule has 2 aliphatic heterocycles. The summed E-state index contributed by atoms with van der Waals surface area (Å²) in [4.78, 5) is 27.3. The van der Waals surface area contributed by atoms with Gasteiger partial charge in [0.05, 0.1) is 17.7 Å². The molecular formula is C20H12ClN3O3. The van der Waals surface area contributed by atoms with E-state index in [-0.39, 0.29) is 0 Å². The van der Waals surface area contributed by atoms with E-state index in [4.69, 9.17) is 16.3 Å². The topological polar surface area (TPSA) is 94.2 Å². The highest BCUT2D eigenvalue weighted by Crippen LogP contribution is 2.53. The average molecular weight is 378 g/mol. The summed E-state index contributed by atoms with van der Waals surface area (Å²) < 4.78 is 5.73. The molecule has 2 amide bonds. The fourth-order valence-electron chi connectivity index (χ4n) is 3.75. The Morgan fingerprint density at radius 3 is 2.19 bits per heavy atom. The number of carbonyl (C=O) groups excluding carboxylic acids is 2. The summed E-state index contributed by atoms with van der Waals surface area (Å²) in [6, 6.07) is 18.7. The molecule has 0 spiro atoms. The Morgan fingerprint density at radius 2 is 1.59 bits per heavy atom.